The van der Waals surface area contributed by atoms with E-state index in [4.69, 9.17) is 5.11 Å². The quantitative estimate of drug-likeness (QED) is 0.844. The predicted octanol–water partition coefficient (Wildman–Crippen LogP) is 2.52. The fraction of sp³-hybridized carbons (Fsp3) is 0.400. The molecule has 0 bridgehead atoms. The van der Waals surface area contributed by atoms with Gasteiger partial charge in [0.1, 0.15) is 0 Å². The first-order valence-electron chi connectivity index (χ1n) is 4.39. The SMILES string of the molecule is CC(CO)c1ccc(OC(F)F)c(F)c1. The van der Waals surface area contributed by atoms with E-state index in [0.717, 1.165) is 12.1 Å². The van der Waals surface area contributed by atoms with E-state index in [2.05, 4.69) is 4.74 Å². The molecule has 1 aromatic carbocycles. The Morgan fingerprint density at radius 2 is 2.07 bits per heavy atom. The van der Waals surface area contributed by atoms with E-state index < -0.39 is 18.2 Å². The summed E-state index contributed by atoms with van der Waals surface area (Å²) in [6, 6.07) is 3.66. The van der Waals surface area contributed by atoms with Crippen molar-refractivity contribution in [3.63, 3.8) is 0 Å². The van der Waals surface area contributed by atoms with Gasteiger partial charge >= 0.3 is 6.61 Å². The van der Waals surface area contributed by atoms with Gasteiger partial charge in [-0.05, 0) is 17.7 Å². The number of hydrogen-bond donors (Lipinski definition) is 1. The zero-order valence-electron chi connectivity index (χ0n) is 8.08. The van der Waals surface area contributed by atoms with Crippen LogP contribution in [0.2, 0.25) is 0 Å². The fourth-order valence-electron chi connectivity index (χ4n) is 1.12. The number of halogens is 3. The zero-order valence-corrected chi connectivity index (χ0v) is 8.08. The third kappa shape index (κ3) is 3.13. The van der Waals surface area contributed by atoms with Crippen LogP contribution in [-0.2, 0) is 0 Å². The van der Waals surface area contributed by atoms with E-state index in [1.165, 1.54) is 6.07 Å². The molecule has 0 saturated carbocycles. The normalized spacial score (nSPS) is 12.9. The Bertz CT molecular complexity index is 328. The van der Waals surface area contributed by atoms with Crippen LogP contribution >= 0.6 is 0 Å². The number of alkyl halides is 2. The Labute approximate surface area is 85.3 Å². The summed E-state index contributed by atoms with van der Waals surface area (Å²) in [7, 11) is 0. The maximum Gasteiger partial charge on any atom is 0.387 e. The highest BCUT2D eigenvalue weighted by molar-refractivity contribution is 5.31. The van der Waals surface area contributed by atoms with Gasteiger partial charge in [0.25, 0.3) is 0 Å². The summed E-state index contributed by atoms with van der Waals surface area (Å²) in [4.78, 5) is 0. The van der Waals surface area contributed by atoms with Crippen LogP contribution in [0.1, 0.15) is 18.4 Å². The van der Waals surface area contributed by atoms with Crippen molar-refractivity contribution in [2.75, 3.05) is 6.61 Å². The maximum atomic E-state index is 13.2. The smallest absolute Gasteiger partial charge is 0.387 e. The van der Waals surface area contributed by atoms with Gasteiger partial charge in [0.2, 0.25) is 0 Å². The van der Waals surface area contributed by atoms with Crippen molar-refractivity contribution in [1.29, 1.82) is 0 Å². The number of hydrogen-bond acceptors (Lipinski definition) is 2. The lowest BCUT2D eigenvalue weighted by atomic mass is 10.0. The van der Waals surface area contributed by atoms with Crippen LogP contribution < -0.4 is 4.74 Å². The second-order valence-electron chi connectivity index (χ2n) is 3.15. The van der Waals surface area contributed by atoms with Gasteiger partial charge in [-0.2, -0.15) is 8.78 Å². The molecule has 0 radical (unpaired) electrons. The monoisotopic (exact) mass is 220 g/mol. The van der Waals surface area contributed by atoms with Crippen LogP contribution in [0, 0.1) is 5.82 Å². The van der Waals surface area contributed by atoms with Gasteiger partial charge in [0, 0.05) is 12.5 Å². The lowest BCUT2D eigenvalue weighted by Crippen LogP contribution is -2.05. The van der Waals surface area contributed by atoms with E-state index in [1.54, 1.807) is 6.92 Å². The van der Waals surface area contributed by atoms with Crippen molar-refractivity contribution in [3.05, 3.63) is 29.6 Å². The van der Waals surface area contributed by atoms with Crippen LogP contribution in [0.15, 0.2) is 18.2 Å². The maximum absolute atomic E-state index is 13.2. The van der Waals surface area contributed by atoms with E-state index in [1.807, 2.05) is 0 Å². The molecule has 0 aromatic heterocycles. The molecule has 1 aromatic rings. The highest BCUT2D eigenvalue weighted by Gasteiger charge is 2.12. The van der Waals surface area contributed by atoms with Gasteiger partial charge < -0.3 is 9.84 Å². The Morgan fingerprint density at radius 3 is 2.53 bits per heavy atom. The van der Waals surface area contributed by atoms with Crippen LogP contribution in [0.25, 0.3) is 0 Å². The predicted molar refractivity (Wildman–Crippen MR) is 48.5 cm³/mol. The Balaban J connectivity index is 2.88. The van der Waals surface area contributed by atoms with E-state index in [-0.39, 0.29) is 12.5 Å². The number of ether oxygens (including phenoxy) is 1. The molecular weight excluding hydrogens is 209 g/mol. The van der Waals surface area contributed by atoms with Crippen molar-refractivity contribution >= 4 is 0 Å². The topological polar surface area (TPSA) is 29.5 Å². The molecule has 1 unspecified atom stereocenters. The van der Waals surface area contributed by atoms with E-state index >= 15 is 0 Å². The Morgan fingerprint density at radius 1 is 1.40 bits per heavy atom. The highest BCUT2D eigenvalue weighted by Crippen LogP contribution is 2.24. The average Bonchev–Trinajstić information content (AvgIpc) is 2.19. The number of benzene rings is 1. The second-order valence-corrected chi connectivity index (χ2v) is 3.15. The third-order valence-electron chi connectivity index (χ3n) is 2.01. The average molecular weight is 220 g/mol. The van der Waals surface area contributed by atoms with Crippen molar-refractivity contribution in [1.82, 2.24) is 0 Å². The van der Waals surface area contributed by atoms with Crippen molar-refractivity contribution in [3.8, 4) is 5.75 Å². The Hall–Kier alpha value is -1.23. The summed E-state index contributed by atoms with van der Waals surface area (Å²) in [6.45, 7) is -1.47. The standard InChI is InChI=1S/C10H11F3O2/c1-6(5-14)7-2-3-9(8(11)4-7)15-10(12)13/h2-4,6,10,14H,5H2,1H3. The summed E-state index contributed by atoms with van der Waals surface area (Å²) in [5.74, 6) is -1.58. The third-order valence-corrected chi connectivity index (χ3v) is 2.01. The van der Waals surface area contributed by atoms with E-state index in [9.17, 15) is 13.2 Å². The molecule has 0 aliphatic heterocycles. The largest absolute Gasteiger partial charge is 0.432 e. The molecule has 0 fully saturated rings. The van der Waals surface area contributed by atoms with Gasteiger partial charge in [0.05, 0.1) is 0 Å². The molecule has 0 aliphatic rings. The molecule has 1 atom stereocenters. The first-order chi connectivity index (χ1) is 7.04. The molecular formula is C10H11F3O2. The molecule has 0 saturated heterocycles. The summed E-state index contributed by atoms with van der Waals surface area (Å²) < 4.78 is 40.7. The second kappa shape index (κ2) is 5.02. The van der Waals surface area contributed by atoms with Crippen LogP contribution in [0.4, 0.5) is 13.2 Å². The fourth-order valence-corrected chi connectivity index (χ4v) is 1.12. The molecule has 0 heterocycles. The van der Waals surface area contributed by atoms with Crippen molar-refractivity contribution < 1.29 is 23.0 Å². The number of aliphatic hydroxyl groups excluding tert-OH is 1. The van der Waals surface area contributed by atoms with Gasteiger partial charge in [-0.3, -0.25) is 0 Å². The lowest BCUT2D eigenvalue weighted by Gasteiger charge is -2.10. The lowest BCUT2D eigenvalue weighted by molar-refractivity contribution is -0.0522. The molecule has 0 spiro atoms. The molecule has 1 rings (SSSR count). The molecule has 2 nitrogen and oxygen atoms in total. The minimum absolute atomic E-state index is 0.130. The molecule has 84 valence electrons. The Kier molecular flexibility index (Phi) is 3.96. The summed E-state index contributed by atoms with van der Waals surface area (Å²) >= 11 is 0. The van der Waals surface area contributed by atoms with Crippen LogP contribution in [0.5, 0.6) is 5.75 Å². The zero-order chi connectivity index (χ0) is 11.4. The van der Waals surface area contributed by atoms with Crippen molar-refractivity contribution in [2.45, 2.75) is 19.5 Å². The van der Waals surface area contributed by atoms with Crippen LogP contribution in [-0.4, -0.2) is 18.3 Å². The first kappa shape index (κ1) is 11.8. The molecule has 0 amide bonds. The molecule has 5 heteroatoms. The number of aliphatic hydroxyl groups is 1. The minimum atomic E-state index is -3.04. The van der Waals surface area contributed by atoms with E-state index in [0.29, 0.717) is 5.56 Å². The van der Waals surface area contributed by atoms with Crippen LogP contribution in [0.3, 0.4) is 0 Å². The highest BCUT2D eigenvalue weighted by atomic mass is 19.3. The summed E-state index contributed by atoms with van der Waals surface area (Å²) in [6.07, 6.45) is 0. The molecule has 15 heavy (non-hydrogen) atoms. The van der Waals surface area contributed by atoms with Gasteiger partial charge in [-0.25, -0.2) is 4.39 Å². The summed E-state index contributed by atoms with van der Waals surface area (Å²) in [5.41, 5.74) is 0.539. The molecule has 1 N–H and O–H groups in total. The number of rotatable bonds is 4. The van der Waals surface area contributed by atoms with Gasteiger partial charge in [-0.15, -0.1) is 0 Å². The van der Waals surface area contributed by atoms with Gasteiger partial charge in [-0.1, -0.05) is 13.0 Å². The first-order valence-corrected chi connectivity index (χ1v) is 4.39. The minimum Gasteiger partial charge on any atom is -0.432 e. The van der Waals surface area contributed by atoms with Gasteiger partial charge in [0.15, 0.2) is 11.6 Å². The van der Waals surface area contributed by atoms with Crippen molar-refractivity contribution in [2.24, 2.45) is 0 Å². The molecule has 0 aliphatic carbocycles. The summed E-state index contributed by atoms with van der Waals surface area (Å²) in [5, 5.41) is 8.82.